The van der Waals surface area contributed by atoms with E-state index in [1.165, 1.54) is 0 Å². The van der Waals surface area contributed by atoms with Crippen LogP contribution >= 0.6 is 16.4 Å². The molecule has 0 bridgehead atoms. The van der Waals surface area contributed by atoms with Crippen LogP contribution in [0.4, 0.5) is 2.10 Å². The van der Waals surface area contributed by atoms with Crippen LogP contribution in [0.1, 0.15) is 0 Å². The second-order valence-electron chi connectivity index (χ2n) is 0.609. The van der Waals surface area contributed by atoms with Crippen LogP contribution in [0.3, 0.4) is 0 Å². The summed E-state index contributed by atoms with van der Waals surface area (Å²) in [5, 5.41) is 0. The van der Waals surface area contributed by atoms with E-state index in [1.54, 1.807) is 0 Å². The van der Waals surface area contributed by atoms with E-state index in [2.05, 4.69) is 19.4 Å². The van der Waals surface area contributed by atoms with Gasteiger partial charge in [-0.25, -0.2) is 0 Å². The van der Waals surface area contributed by atoms with Gasteiger partial charge in [0.15, 0.2) is 0 Å². The fourth-order valence-electron chi connectivity index (χ4n) is 0. The molecule has 0 aromatic rings. The third-order valence-corrected chi connectivity index (χ3v) is 0. The normalized spacial score (nSPS) is 21.4. The standard InChI is InChI=1S/FH.H2N.H2S.S.U/h1H;2*1H2;;/q;-1;;;+3/p-2. The average Bonchev–Trinajstić information content (AvgIpc) is 0.722. The van der Waals surface area contributed by atoms with Crippen molar-refractivity contribution in [3.05, 3.63) is 0 Å². The summed E-state index contributed by atoms with van der Waals surface area (Å²) in [4.78, 5) is 0. The van der Waals surface area contributed by atoms with E-state index in [1.807, 2.05) is 0 Å². The maximum atomic E-state index is 11.4. The molecule has 31 valence electrons. The van der Waals surface area contributed by atoms with Gasteiger partial charge < -0.3 is 0 Å². The maximum absolute atomic E-state index is 11.4. The molecule has 1 unspecified atom stereocenters. The average molecular weight is 338 g/mol. The summed E-state index contributed by atoms with van der Waals surface area (Å²) in [6.45, 7) is 0. The van der Waals surface area contributed by atoms with Crippen molar-refractivity contribution in [2.75, 3.05) is 0 Å². The van der Waals surface area contributed by atoms with Gasteiger partial charge in [-0.15, -0.1) is 0 Å². The first-order chi connectivity index (χ1) is 2.00. The van der Waals surface area contributed by atoms with Crippen LogP contribution < -0.4 is 3.07 Å². The Morgan fingerprint density at radius 2 is 2.00 bits per heavy atom. The van der Waals surface area contributed by atoms with E-state index in [9.17, 15) is 2.10 Å². The van der Waals surface area contributed by atoms with Crippen LogP contribution in [0.5, 0.6) is 0 Å². The van der Waals surface area contributed by atoms with Crippen molar-refractivity contribution in [2.45, 2.75) is 0 Å². The minimum atomic E-state index is -4.06. The van der Waals surface area contributed by atoms with Crippen LogP contribution in [-0.4, -0.2) is 0 Å². The Bertz CT molecular complexity index is 55.8. The van der Waals surface area contributed by atoms with Gasteiger partial charge >= 0.3 is 43.0 Å². The van der Waals surface area contributed by atoms with Gasteiger partial charge in [-0.05, 0) is 0 Å². The van der Waals surface area contributed by atoms with Gasteiger partial charge in [-0.3, -0.25) is 0 Å². The Hall–Kier alpha value is 1.51. The van der Waals surface area contributed by atoms with Gasteiger partial charge in [0, 0.05) is 0 Å². The molecule has 0 radical (unpaired) electrons. The van der Waals surface area contributed by atoms with Crippen molar-refractivity contribution >= 4 is 16.4 Å². The summed E-state index contributed by atoms with van der Waals surface area (Å²) in [6, 6.07) is 0. The number of halogens is 1. The van der Waals surface area contributed by atoms with E-state index in [0.29, 0.717) is 0 Å². The summed E-state index contributed by atoms with van der Waals surface area (Å²) < 4.78 is 16.0. The third-order valence-electron chi connectivity index (χ3n) is 0. The number of hydrogen-bond donors (Lipinski definition) is 2. The number of nitrogens with two attached hydrogens (primary N) is 1. The molecule has 1 nitrogen and oxygen atoms in total. The number of hydrogen-bond acceptors (Lipinski definition) is 1. The minimum absolute atomic E-state index is 3.28. The Kier molecular flexibility index (Phi) is 2.59. The van der Waals surface area contributed by atoms with Crippen molar-refractivity contribution in [1.82, 2.24) is 0 Å². The molecule has 0 saturated heterocycles. The summed E-state index contributed by atoms with van der Waals surface area (Å²) in [7, 11) is 7.31. The van der Waals surface area contributed by atoms with Crippen LogP contribution in [-0.2, 0) is 0 Å². The fourth-order valence-corrected chi connectivity index (χ4v) is 0. The van der Waals surface area contributed by atoms with Crippen molar-refractivity contribution in [2.24, 2.45) is 3.07 Å². The summed E-state index contributed by atoms with van der Waals surface area (Å²) in [6.07, 6.45) is 0. The van der Waals surface area contributed by atoms with Crippen molar-refractivity contribution in [3.63, 3.8) is 0 Å². The Morgan fingerprint density at radius 1 is 2.00 bits per heavy atom. The Balaban J connectivity index is 3.47. The molecule has 0 spiro atoms. The molecule has 5 heteroatoms. The number of thiol groups is 1. The monoisotopic (exact) mass is 338 g/mol. The zero-order valence-corrected chi connectivity index (χ0v) is 8.19. The van der Waals surface area contributed by atoms with Gasteiger partial charge in [-0.1, -0.05) is 0 Å². The molecule has 0 aliphatic carbocycles. The molecule has 0 aliphatic heterocycles. The zero-order chi connectivity index (χ0) is 4.50. The zero-order valence-electron chi connectivity index (χ0n) is 2.31. The topological polar surface area (TPSA) is 26.0 Å². The Morgan fingerprint density at radius 3 is 2.00 bits per heavy atom. The predicted octanol–water partition coefficient (Wildman–Crippen LogP) is 0.858. The molecule has 0 aromatic carbocycles. The van der Waals surface area contributed by atoms with Gasteiger partial charge in [-0.2, -0.15) is 0 Å². The SMILES string of the molecule is [NH2][U]([F])(=[S])[SH]. The fraction of sp³-hybridized carbons (Fsp3) is 0. The van der Waals surface area contributed by atoms with E-state index in [4.69, 9.17) is 0 Å². The van der Waals surface area contributed by atoms with Crippen LogP contribution in [0.2, 0.25) is 0 Å². The van der Waals surface area contributed by atoms with Crippen molar-refractivity contribution in [3.8, 4) is 0 Å². The first kappa shape index (κ1) is 6.51. The molecule has 0 heterocycles. The van der Waals surface area contributed by atoms with Crippen molar-refractivity contribution < 1.29 is 23.6 Å². The molecule has 0 aliphatic rings. The van der Waals surface area contributed by atoms with E-state index in [-0.39, 0.29) is 0 Å². The van der Waals surface area contributed by atoms with Gasteiger partial charge in [0.1, 0.15) is 0 Å². The molecule has 0 amide bonds. The second-order valence-corrected chi connectivity index (χ2v) is 20.1. The molecule has 0 fully saturated rings. The first-order valence-electron chi connectivity index (χ1n) is 0.905. The third kappa shape index (κ3) is 29.7. The Labute approximate surface area is 42.6 Å². The first-order valence-corrected chi connectivity index (χ1v) is 16.4. The predicted molar refractivity (Wildman–Crippen MR) is 21.9 cm³/mol. The molecular weight excluding hydrogens is 335 g/mol. The van der Waals surface area contributed by atoms with Crippen LogP contribution in [0.15, 0.2) is 0 Å². The summed E-state index contributed by atoms with van der Waals surface area (Å²) >= 11 is -4.06. The van der Waals surface area contributed by atoms with E-state index >= 15 is 0 Å². The van der Waals surface area contributed by atoms with Crippen LogP contribution in [0, 0.1) is 21.5 Å². The molecule has 0 rings (SSSR count). The molecular formula is H3FNS2U. The van der Waals surface area contributed by atoms with Crippen LogP contribution in [0.25, 0.3) is 0 Å². The van der Waals surface area contributed by atoms with E-state index < -0.39 is 21.5 Å². The summed E-state index contributed by atoms with van der Waals surface area (Å²) in [5.41, 5.74) is 0. The molecule has 0 aromatic heterocycles. The second kappa shape index (κ2) is 1.99. The van der Waals surface area contributed by atoms with Crippen molar-refractivity contribution in [1.29, 1.82) is 0 Å². The summed E-state index contributed by atoms with van der Waals surface area (Å²) in [5.74, 6) is 0. The van der Waals surface area contributed by atoms with Gasteiger partial charge in [0.05, 0.1) is 0 Å². The molecule has 5 heavy (non-hydrogen) atoms. The molecule has 0 saturated carbocycles. The van der Waals surface area contributed by atoms with Gasteiger partial charge in [0.2, 0.25) is 0 Å². The number of rotatable bonds is 0. The van der Waals surface area contributed by atoms with E-state index in [0.717, 1.165) is 0 Å². The molecule has 1 atom stereocenters. The molecule has 2 N–H and O–H groups in total. The quantitative estimate of drug-likeness (QED) is 0.641. The van der Waals surface area contributed by atoms with Gasteiger partial charge in [0.25, 0.3) is 0 Å².